The molecule has 2 aromatic rings. The Bertz CT molecular complexity index is 1550. The summed E-state index contributed by atoms with van der Waals surface area (Å²) in [7, 11) is -0.466. The van der Waals surface area contributed by atoms with Crippen LogP contribution >= 0.6 is 11.3 Å². The van der Waals surface area contributed by atoms with Crippen molar-refractivity contribution in [2.45, 2.75) is 96.7 Å². The fourth-order valence-corrected chi connectivity index (χ4v) is 7.81. The van der Waals surface area contributed by atoms with Crippen LogP contribution in [0.5, 0.6) is 0 Å². The molecule has 0 aliphatic carbocycles. The number of piperidine rings is 1. The predicted octanol–water partition coefficient (Wildman–Crippen LogP) is 3.48. The van der Waals surface area contributed by atoms with E-state index in [1.807, 2.05) is 44.4 Å². The highest BCUT2D eigenvalue weighted by Crippen LogP contribution is 2.31. The van der Waals surface area contributed by atoms with Crippen LogP contribution in [0.1, 0.15) is 93.9 Å². The summed E-state index contributed by atoms with van der Waals surface area (Å²) in [5.74, 6) is -2.59. The van der Waals surface area contributed by atoms with E-state index in [1.165, 1.54) is 18.4 Å². The Morgan fingerprint density at radius 2 is 1.90 bits per heavy atom. The molecule has 48 heavy (non-hydrogen) atoms. The number of likely N-dealkylation sites (N-methyl/N-ethyl adjacent to an activating group) is 2. The van der Waals surface area contributed by atoms with E-state index < -0.39 is 45.8 Å². The number of benzene rings is 1. The molecule has 3 rings (SSSR count). The van der Waals surface area contributed by atoms with E-state index in [0.717, 1.165) is 37.1 Å². The lowest BCUT2D eigenvalue weighted by atomic mass is 9.92. The van der Waals surface area contributed by atoms with Gasteiger partial charge in [0.1, 0.15) is 16.7 Å². The molecule has 1 aromatic heterocycles. The number of anilines is 1. The Balaban J connectivity index is 1.79. The minimum absolute atomic E-state index is 0.0883. The molecule has 15 heteroatoms. The van der Waals surface area contributed by atoms with Crippen LogP contribution in [0.3, 0.4) is 0 Å². The molecule has 1 aromatic carbocycles. The number of nitrogens with two attached hydrogens (primary N) is 1. The number of ether oxygens (including phenoxy) is 1. The van der Waals surface area contributed by atoms with Crippen molar-refractivity contribution in [3.8, 4) is 0 Å². The first kappa shape index (κ1) is 38.9. The second-order valence-electron chi connectivity index (χ2n) is 13.0. The third kappa shape index (κ3) is 10.7. The van der Waals surface area contributed by atoms with Crippen molar-refractivity contribution in [1.29, 1.82) is 0 Å². The van der Waals surface area contributed by atoms with Crippen molar-refractivity contribution in [3.05, 3.63) is 45.9 Å². The second kappa shape index (κ2) is 17.2. The van der Waals surface area contributed by atoms with Crippen LogP contribution < -0.4 is 15.8 Å². The lowest BCUT2D eigenvalue weighted by Crippen LogP contribution is -2.58. The number of hydrogen-bond acceptors (Lipinski definition) is 11. The monoisotopic (exact) mass is 706 g/mol. The summed E-state index contributed by atoms with van der Waals surface area (Å²) in [5, 5.41) is 4.72. The van der Waals surface area contributed by atoms with Gasteiger partial charge in [-0.25, -0.2) is 18.1 Å². The Morgan fingerprint density at radius 1 is 1.19 bits per heavy atom. The normalized spacial score (nSPS) is 18.0. The largest absolute Gasteiger partial charge is 0.455 e. The fourth-order valence-electron chi connectivity index (χ4n) is 5.89. The molecular formula is C33H50N6O7S2. The molecule has 1 aliphatic rings. The third-order valence-corrected chi connectivity index (χ3v) is 11.0. The molecule has 1 aliphatic heterocycles. The Morgan fingerprint density at radius 3 is 2.50 bits per heavy atom. The number of hydrogen-bond donors (Lipinski definition) is 3. The molecule has 0 unspecified atom stereocenters. The number of nitrogen functional groups attached to an aromatic ring is 1. The lowest BCUT2D eigenvalue weighted by Gasteiger charge is -2.38. The molecule has 5 atom stereocenters. The van der Waals surface area contributed by atoms with Gasteiger partial charge in [0.2, 0.25) is 21.8 Å². The number of esters is 1. The first-order valence-electron chi connectivity index (χ1n) is 16.3. The number of nitrogens with one attached hydrogen (secondary N) is 2. The Kier molecular flexibility index (Phi) is 13.9. The highest BCUT2D eigenvalue weighted by atomic mass is 32.2. The van der Waals surface area contributed by atoms with Crippen molar-refractivity contribution in [2.75, 3.05) is 26.4 Å². The van der Waals surface area contributed by atoms with Crippen LogP contribution in [-0.2, 0) is 34.9 Å². The molecule has 1 fully saturated rings. The van der Waals surface area contributed by atoms with E-state index in [9.17, 15) is 27.6 Å². The first-order chi connectivity index (χ1) is 22.5. The maximum atomic E-state index is 14.1. The van der Waals surface area contributed by atoms with Gasteiger partial charge in [-0.05, 0) is 56.0 Å². The summed E-state index contributed by atoms with van der Waals surface area (Å²) in [6, 6.07) is 4.86. The van der Waals surface area contributed by atoms with Gasteiger partial charge in [-0.15, -0.1) is 11.3 Å². The summed E-state index contributed by atoms with van der Waals surface area (Å²) >= 11 is 1.05. The topological polar surface area (TPSA) is 181 Å². The van der Waals surface area contributed by atoms with Gasteiger partial charge in [0.05, 0.1) is 11.8 Å². The lowest BCUT2D eigenvalue weighted by molar-refractivity contribution is -0.149. The van der Waals surface area contributed by atoms with Crippen molar-refractivity contribution in [2.24, 2.45) is 11.8 Å². The van der Waals surface area contributed by atoms with Crippen molar-refractivity contribution >= 4 is 50.7 Å². The number of likely N-dealkylation sites (tertiary alicyclic amines) is 1. The second-order valence-corrected chi connectivity index (χ2v) is 15.6. The number of nitrogens with zero attached hydrogens (tertiary/aromatic N) is 3. The average molecular weight is 707 g/mol. The quantitative estimate of drug-likeness (QED) is 0.183. The number of sulfonamides is 1. The number of thiazole rings is 1. The number of amides is 3. The minimum atomic E-state index is -4.07. The molecule has 266 valence electrons. The maximum Gasteiger partial charge on any atom is 0.303 e. The van der Waals surface area contributed by atoms with Gasteiger partial charge in [0.25, 0.3) is 5.91 Å². The van der Waals surface area contributed by atoms with Gasteiger partial charge in [-0.2, -0.15) is 0 Å². The summed E-state index contributed by atoms with van der Waals surface area (Å²) in [4.78, 5) is 60.5. The van der Waals surface area contributed by atoms with Crippen molar-refractivity contribution < 1.29 is 32.3 Å². The van der Waals surface area contributed by atoms with Crippen LogP contribution in [0.15, 0.2) is 29.6 Å². The van der Waals surface area contributed by atoms with Crippen molar-refractivity contribution in [1.82, 2.24) is 24.8 Å². The number of rotatable bonds is 15. The molecule has 0 radical (unpaired) electrons. The summed E-state index contributed by atoms with van der Waals surface area (Å²) < 4.78 is 33.1. The summed E-state index contributed by atoms with van der Waals surface area (Å²) in [6.45, 7) is 9.88. The molecule has 3 amide bonds. The third-order valence-electron chi connectivity index (χ3n) is 8.81. The molecule has 0 saturated carbocycles. The van der Waals surface area contributed by atoms with Gasteiger partial charge >= 0.3 is 5.97 Å². The zero-order valence-corrected chi connectivity index (χ0v) is 30.5. The van der Waals surface area contributed by atoms with Crippen molar-refractivity contribution in [3.63, 3.8) is 0 Å². The van der Waals surface area contributed by atoms with E-state index in [0.29, 0.717) is 17.7 Å². The predicted molar refractivity (Wildman–Crippen MR) is 185 cm³/mol. The fraction of sp³-hybridized carbons (Fsp3) is 0.606. The zero-order valence-electron chi connectivity index (χ0n) is 28.9. The zero-order chi connectivity index (χ0) is 35.8. The van der Waals surface area contributed by atoms with Crippen LogP contribution in [-0.4, -0.2) is 85.7 Å². The van der Waals surface area contributed by atoms with E-state index in [-0.39, 0.29) is 46.8 Å². The van der Waals surface area contributed by atoms with Crippen LogP contribution in [0, 0.1) is 11.8 Å². The van der Waals surface area contributed by atoms with E-state index in [4.69, 9.17) is 10.5 Å². The smallest absolute Gasteiger partial charge is 0.303 e. The van der Waals surface area contributed by atoms with Gasteiger partial charge in [0.15, 0.2) is 6.10 Å². The van der Waals surface area contributed by atoms with E-state index in [2.05, 4.69) is 10.3 Å². The molecule has 0 bridgehead atoms. The average Bonchev–Trinajstić information content (AvgIpc) is 3.51. The maximum absolute atomic E-state index is 14.1. The van der Waals surface area contributed by atoms with E-state index >= 15 is 0 Å². The van der Waals surface area contributed by atoms with E-state index in [1.54, 1.807) is 30.1 Å². The highest BCUT2D eigenvalue weighted by molar-refractivity contribution is 7.89. The molecular weight excluding hydrogens is 657 g/mol. The molecule has 0 spiro atoms. The molecule has 4 N–H and O–H groups in total. The van der Waals surface area contributed by atoms with Crippen LogP contribution in [0.25, 0.3) is 0 Å². The number of carbonyl (C=O) groups excluding carboxylic acids is 4. The summed E-state index contributed by atoms with van der Waals surface area (Å²) in [6.07, 6.45) is 2.63. The number of carbonyl (C=O) groups is 4. The standard InChI is InChI=1S/C33H50N6O7S2/c1-8-21(4)29(36-31(42)26-14-9-10-15-38(26)6)33(43)39(7)27(20(2)3)17-28(46-22(5)40)32-35-25(18-47-32)30(41)37-48(44,45)19-23-12-11-13-24(34)16-23/h11-13,16,18,20-21,26-29H,8-10,14-15,17,19,34H2,1-7H3,(H,36,42)(H,37,41)/t21-,26+,27+,28+,29-/m0/s1. The van der Waals surface area contributed by atoms with Gasteiger partial charge in [-0.1, -0.05) is 52.7 Å². The Hall–Kier alpha value is -3.56. The molecule has 1 saturated heterocycles. The van der Waals surface area contributed by atoms with Crippen LogP contribution in [0.2, 0.25) is 0 Å². The molecule has 2 heterocycles. The minimum Gasteiger partial charge on any atom is -0.455 e. The van der Waals surface area contributed by atoms with Crippen LogP contribution in [0.4, 0.5) is 5.69 Å². The Labute approximate surface area is 288 Å². The SMILES string of the molecule is CC[C@H](C)[C@H](NC(=O)[C@H]1CCCCN1C)C(=O)N(C)[C@H](C[C@@H](OC(C)=O)c1nc(C(=O)NS(=O)(=O)Cc2cccc(N)c2)cs1)C(C)C. The number of aromatic nitrogens is 1. The van der Waals surface area contributed by atoms with Gasteiger partial charge in [0, 0.05) is 37.5 Å². The van der Waals surface area contributed by atoms with Gasteiger partial charge < -0.3 is 20.7 Å². The highest BCUT2D eigenvalue weighted by Gasteiger charge is 2.37. The molecule has 13 nitrogen and oxygen atoms in total. The van der Waals surface area contributed by atoms with Gasteiger partial charge in [-0.3, -0.25) is 24.1 Å². The first-order valence-corrected chi connectivity index (χ1v) is 18.8. The summed E-state index contributed by atoms with van der Waals surface area (Å²) in [5.41, 5.74) is 6.40.